The van der Waals surface area contributed by atoms with Crippen molar-refractivity contribution in [1.29, 1.82) is 0 Å². The third-order valence-corrected chi connectivity index (χ3v) is 7.35. The van der Waals surface area contributed by atoms with Gasteiger partial charge in [-0.15, -0.1) is 0 Å². The number of carbonyl (C=O) groups is 1. The minimum Gasteiger partial charge on any atom is -0.374 e. The summed E-state index contributed by atoms with van der Waals surface area (Å²) in [5.41, 5.74) is 8.02. The highest BCUT2D eigenvalue weighted by molar-refractivity contribution is 5.84. The second-order valence-electron chi connectivity index (χ2n) is 10.7. The van der Waals surface area contributed by atoms with Crippen LogP contribution in [0.15, 0.2) is 36.4 Å². The molecular formula is C27H36N2O. The van der Waals surface area contributed by atoms with Gasteiger partial charge >= 0.3 is 0 Å². The lowest BCUT2D eigenvalue weighted by molar-refractivity contribution is -0.117. The average molecular weight is 405 g/mol. The number of ketones is 1. The Balaban J connectivity index is 1.51. The molecule has 3 nitrogen and oxygen atoms in total. The van der Waals surface area contributed by atoms with Crippen molar-refractivity contribution in [2.45, 2.75) is 64.2 Å². The molecule has 0 bridgehead atoms. The van der Waals surface area contributed by atoms with E-state index in [0.717, 1.165) is 24.2 Å². The predicted molar refractivity (Wildman–Crippen MR) is 127 cm³/mol. The van der Waals surface area contributed by atoms with Gasteiger partial charge < -0.3 is 9.80 Å². The van der Waals surface area contributed by atoms with Gasteiger partial charge in [0.05, 0.1) is 0 Å². The molecule has 0 aliphatic carbocycles. The highest BCUT2D eigenvalue weighted by Crippen LogP contribution is 2.40. The number of fused-ring (bicyclic) bond motifs is 2. The molecule has 0 aromatic heterocycles. The van der Waals surface area contributed by atoms with E-state index in [-0.39, 0.29) is 16.6 Å². The van der Waals surface area contributed by atoms with E-state index in [4.69, 9.17) is 0 Å². The maximum atomic E-state index is 12.9. The SMILES string of the molecule is CN1CCC(C)(C)c2ccc(CC(=O)Cc3ccc4c(c3)N(C)CCC4(C)C)cc21. The molecule has 3 heteroatoms. The maximum Gasteiger partial charge on any atom is 0.141 e. The van der Waals surface area contributed by atoms with Gasteiger partial charge in [0.15, 0.2) is 0 Å². The zero-order chi connectivity index (χ0) is 21.7. The van der Waals surface area contributed by atoms with Crippen LogP contribution in [-0.4, -0.2) is 33.0 Å². The maximum absolute atomic E-state index is 12.9. The Morgan fingerprint density at radius 3 is 1.57 bits per heavy atom. The van der Waals surface area contributed by atoms with Crippen LogP contribution in [-0.2, 0) is 28.5 Å². The minimum absolute atomic E-state index is 0.202. The molecule has 2 heterocycles. The van der Waals surface area contributed by atoms with Crippen LogP contribution < -0.4 is 9.80 Å². The zero-order valence-electron chi connectivity index (χ0n) is 19.5. The number of rotatable bonds is 4. The fourth-order valence-electron chi connectivity index (χ4n) is 5.07. The van der Waals surface area contributed by atoms with Gasteiger partial charge in [-0.25, -0.2) is 0 Å². The van der Waals surface area contributed by atoms with Crippen LogP contribution >= 0.6 is 0 Å². The first-order chi connectivity index (χ1) is 14.1. The van der Waals surface area contributed by atoms with Crippen LogP contribution in [0.5, 0.6) is 0 Å². The van der Waals surface area contributed by atoms with E-state index in [1.165, 1.54) is 35.3 Å². The van der Waals surface area contributed by atoms with Gasteiger partial charge in [-0.05, 0) is 58.1 Å². The number of benzene rings is 2. The second-order valence-corrected chi connectivity index (χ2v) is 10.7. The topological polar surface area (TPSA) is 23.6 Å². The van der Waals surface area contributed by atoms with Crippen LogP contribution in [0.1, 0.15) is 62.8 Å². The highest BCUT2D eigenvalue weighted by atomic mass is 16.1. The van der Waals surface area contributed by atoms with E-state index >= 15 is 0 Å². The van der Waals surface area contributed by atoms with Crippen molar-refractivity contribution in [3.8, 4) is 0 Å². The zero-order valence-corrected chi connectivity index (χ0v) is 19.5. The summed E-state index contributed by atoms with van der Waals surface area (Å²) < 4.78 is 0. The Morgan fingerprint density at radius 2 is 1.17 bits per heavy atom. The number of carbonyl (C=O) groups excluding carboxylic acids is 1. The van der Waals surface area contributed by atoms with Crippen molar-refractivity contribution < 1.29 is 4.79 Å². The Hall–Kier alpha value is -2.29. The van der Waals surface area contributed by atoms with E-state index in [1.54, 1.807) is 0 Å². The molecule has 30 heavy (non-hydrogen) atoms. The van der Waals surface area contributed by atoms with Crippen LogP contribution in [0.2, 0.25) is 0 Å². The first-order valence-corrected chi connectivity index (χ1v) is 11.3. The number of nitrogens with zero attached hydrogens (tertiary/aromatic N) is 2. The van der Waals surface area contributed by atoms with Crippen molar-refractivity contribution >= 4 is 17.2 Å². The van der Waals surface area contributed by atoms with Gasteiger partial charge in [-0.1, -0.05) is 52.0 Å². The Bertz CT molecular complexity index is 895. The minimum atomic E-state index is 0.202. The van der Waals surface area contributed by atoms with Gasteiger partial charge in [0.1, 0.15) is 5.78 Å². The molecule has 2 aliphatic rings. The molecule has 0 radical (unpaired) electrons. The third kappa shape index (κ3) is 3.87. The average Bonchev–Trinajstić information content (AvgIpc) is 2.68. The number of anilines is 2. The normalized spacial score (nSPS) is 19.3. The van der Waals surface area contributed by atoms with Gasteiger partial charge in [0.25, 0.3) is 0 Å². The number of Topliss-reactive ketones (excluding diaryl/α,β-unsaturated/α-hetero) is 1. The van der Waals surface area contributed by atoms with Gasteiger partial charge in [-0.2, -0.15) is 0 Å². The van der Waals surface area contributed by atoms with E-state index in [2.05, 4.69) is 88.0 Å². The Labute approximate surface area is 182 Å². The van der Waals surface area contributed by atoms with E-state index in [0.29, 0.717) is 12.8 Å². The molecule has 0 saturated carbocycles. The smallest absolute Gasteiger partial charge is 0.141 e. The number of hydrogen-bond donors (Lipinski definition) is 0. The molecule has 4 rings (SSSR count). The summed E-state index contributed by atoms with van der Waals surface area (Å²) in [4.78, 5) is 17.6. The van der Waals surface area contributed by atoms with Crippen molar-refractivity contribution in [2.24, 2.45) is 0 Å². The third-order valence-electron chi connectivity index (χ3n) is 7.35. The first-order valence-electron chi connectivity index (χ1n) is 11.3. The van der Waals surface area contributed by atoms with E-state index in [9.17, 15) is 4.79 Å². The number of hydrogen-bond acceptors (Lipinski definition) is 3. The molecule has 2 aliphatic heterocycles. The van der Waals surface area contributed by atoms with Crippen molar-refractivity contribution in [1.82, 2.24) is 0 Å². The Kier molecular flexibility index (Phi) is 5.20. The standard InChI is InChI=1S/C27H36N2O/c1-26(2)11-13-28(5)24-17-19(7-9-22(24)26)15-21(30)16-20-8-10-23-25(18-20)29(6)14-12-27(23,3)4/h7-10,17-18H,11-16H2,1-6H3. The molecule has 0 N–H and O–H groups in total. The van der Waals surface area contributed by atoms with E-state index in [1.807, 2.05) is 0 Å². The molecule has 0 fully saturated rings. The lowest BCUT2D eigenvalue weighted by atomic mass is 9.77. The largest absolute Gasteiger partial charge is 0.374 e. The Morgan fingerprint density at radius 1 is 0.767 bits per heavy atom. The summed E-state index contributed by atoms with van der Waals surface area (Å²) in [6.07, 6.45) is 3.33. The molecule has 2 aromatic rings. The van der Waals surface area contributed by atoms with Gasteiger partial charge in [-0.3, -0.25) is 4.79 Å². The van der Waals surface area contributed by atoms with Crippen LogP contribution in [0.4, 0.5) is 11.4 Å². The fraction of sp³-hybridized carbons (Fsp3) is 0.519. The summed E-state index contributed by atoms with van der Waals surface area (Å²) in [5.74, 6) is 0.283. The van der Waals surface area contributed by atoms with E-state index < -0.39 is 0 Å². The molecule has 2 aromatic carbocycles. The summed E-state index contributed by atoms with van der Waals surface area (Å²) >= 11 is 0. The van der Waals surface area contributed by atoms with Crippen LogP contribution in [0, 0.1) is 0 Å². The summed E-state index contributed by atoms with van der Waals surface area (Å²) in [5, 5.41) is 0. The summed E-state index contributed by atoms with van der Waals surface area (Å²) in [7, 11) is 4.32. The molecule has 0 atom stereocenters. The summed E-state index contributed by atoms with van der Waals surface area (Å²) in [6.45, 7) is 11.4. The lowest BCUT2D eigenvalue weighted by Crippen LogP contribution is -2.35. The highest BCUT2D eigenvalue weighted by Gasteiger charge is 2.31. The molecular weight excluding hydrogens is 368 g/mol. The second kappa shape index (κ2) is 7.44. The van der Waals surface area contributed by atoms with Crippen LogP contribution in [0.3, 0.4) is 0 Å². The fourth-order valence-corrected chi connectivity index (χ4v) is 5.07. The quantitative estimate of drug-likeness (QED) is 0.693. The first kappa shape index (κ1) is 21.0. The lowest BCUT2D eigenvalue weighted by Gasteiger charge is -2.38. The molecule has 0 unspecified atom stereocenters. The molecule has 0 spiro atoms. The van der Waals surface area contributed by atoms with Crippen molar-refractivity contribution in [2.75, 3.05) is 37.0 Å². The molecule has 0 amide bonds. The predicted octanol–water partition coefficient (Wildman–Crippen LogP) is 5.28. The van der Waals surface area contributed by atoms with Gasteiger partial charge in [0, 0.05) is 51.4 Å². The summed E-state index contributed by atoms with van der Waals surface area (Å²) in [6, 6.07) is 13.3. The monoisotopic (exact) mass is 404 g/mol. The van der Waals surface area contributed by atoms with Crippen LogP contribution in [0.25, 0.3) is 0 Å². The molecule has 160 valence electrons. The van der Waals surface area contributed by atoms with Crippen molar-refractivity contribution in [3.63, 3.8) is 0 Å². The van der Waals surface area contributed by atoms with Gasteiger partial charge in [0.2, 0.25) is 0 Å². The molecule has 0 saturated heterocycles. The van der Waals surface area contributed by atoms with Crippen molar-refractivity contribution in [3.05, 3.63) is 58.7 Å².